The monoisotopic (exact) mass is 679 g/mol. The van der Waals surface area contributed by atoms with Crippen LogP contribution in [-0.2, 0) is 22.4 Å². The molecular formula is C41H49N3O6. The molecule has 0 spiro atoms. The third-order valence-corrected chi connectivity index (χ3v) is 10.3. The van der Waals surface area contributed by atoms with Crippen molar-refractivity contribution >= 4 is 23.5 Å². The van der Waals surface area contributed by atoms with Crippen LogP contribution in [0.2, 0.25) is 0 Å². The second-order valence-electron chi connectivity index (χ2n) is 13.8. The van der Waals surface area contributed by atoms with E-state index in [1.54, 1.807) is 30.3 Å². The number of Topliss-reactive ketones (excluding diaryl/α,β-unsaturated/α-hetero) is 2. The number of nitrogens with one attached hydrogen (secondary N) is 3. The van der Waals surface area contributed by atoms with Gasteiger partial charge in [-0.05, 0) is 135 Å². The van der Waals surface area contributed by atoms with Gasteiger partial charge in [0.2, 0.25) is 0 Å². The molecule has 6 N–H and O–H groups in total. The zero-order chi connectivity index (χ0) is 34.9. The third-order valence-electron chi connectivity index (χ3n) is 10.3. The summed E-state index contributed by atoms with van der Waals surface area (Å²) in [5.74, 6) is -0.344. The standard InChI is InChI=1S/C41H49N3O6/c45-22-19-34(36(47)16-14-28-15-17-37(48)38(24-28)50-31-10-2-3-11-31)41(49)40-29(26-44-39-13-6-20-43-39)25-35-32(18-21-42-35)33(40)12-4-1-7-27-8-5-9-30(46)23-27/h5-6,8-9,13,15,17-18,20-21,23-25,31,33-34,40,42-46,48H,1-4,7,10-12,14,16,19,22,26H2/t33-,34+,40-/m1/s1. The molecule has 4 aromatic rings. The molecule has 0 aliphatic heterocycles. The van der Waals surface area contributed by atoms with Crippen LogP contribution in [-0.4, -0.2) is 56.1 Å². The number of unbranched alkanes of at least 4 members (excludes halogenated alkanes) is 1. The summed E-state index contributed by atoms with van der Waals surface area (Å²) in [5.41, 5.74) is 4.87. The van der Waals surface area contributed by atoms with Crippen LogP contribution in [0.4, 0.5) is 5.82 Å². The number of fused-ring (bicyclic) bond motifs is 1. The van der Waals surface area contributed by atoms with Crippen molar-refractivity contribution in [2.24, 2.45) is 11.8 Å². The van der Waals surface area contributed by atoms with Gasteiger partial charge in [0.05, 0.1) is 12.0 Å². The highest BCUT2D eigenvalue weighted by Gasteiger charge is 2.41. The molecule has 2 heterocycles. The van der Waals surface area contributed by atoms with E-state index in [0.717, 1.165) is 85.1 Å². The minimum absolute atomic E-state index is 0.0708. The Labute approximate surface area is 293 Å². The Hall–Kier alpha value is -4.76. The Morgan fingerprint density at radius 3 is 2.54 bits per heavy atom. The number of benzene rings is 2. The van der Waals surface area contributed by atoms with Crippen LogP contribution in [0.1, 0.15) is 86.1 Å². The maximum atomic E-state index is 14.7. The van der Waals surface area contributed by atoms with E-state index in [1.165, 1.54) is 0 Å². The lowest BCUT2D eigenvalue weighted by Crippen LogP contribution is -2.37. The Morgan fingerprint density at radius 2 is 1.76 bits per heavy atom. The summed E-state index contributed by atoms with van der Waals surface area (Å²) in [7, 11) is 0. The summed E-state index contributed by atoms with van der Waals surface area (Å²) in [4.78, 5) is 35.2. The fraction of sp³-hybridized carbons (Fsp3) is 0.415. The lowest BCUT2D eigenvalue weighted by atomic mass is 9.69. The molecule has 9 heteroatoms. The first-order valence-corrected chi connectivity index (χ1v) is 18.1. The van der Waals surface area contributed by atoms with Gasteiger partial charge in [0, 0.05) is 43.6 Å². The van der Waals surface area contributed by atoms with E-state index >= 15 is 0 Å². The number of aryl methyl sites for hydroxylation is 2. The molecule has 3 atom stereocenters. The highest BCUT2D eigenvalue weighted by Crippen LogP contribution is 2.44. The Balaban J connectivity index is 1.20. The summed E-state index contributed by atoms with van der Waals surface area (Å²) >= 11 is 0. The fourth-order valence-electron chi connectivity index (χ4n) is 7.71. The van der Waals surface area contributed by atoms with Crippen LogP contribution >= 0.6 is 0 Å². The van der Waals surface area contributed by atoms with E-state index in [9.17, 15) is 24.9 Å². The molecule has 1 fully saturated rings. The van der Waals surface area contributed by atoms with E-state index in [4.69, 9.17) is 4.74 Å². The topological polar surface area (TPSA) is 148 Å². The molecule has 2 aliphatic rings. The predicted molar refractivity (Wildman–Crippen MR) is 194 cm³/mol. The molecule has 0 radical (unpaired) electrons. The number of ketones is 2. The largest absolute Gasteiger partial charge is 0.508 e. The Morgan fingerprint density at radius 1 is 0.920 bits per heavy atom. The molecule has 6 rings (SSSR count). The molecule has 0 saturated heterocycles. The molecule has 9 nitrogen and oxygen atoms in total. The molecule has 0 unspecified atom stereocenters. The third kappa shape index (κ3) is 8.69. The first-order valence-electron chi connectivity index (χ1n) is 18.1. The van der Waals surface area contributed by atoms with Gasteiger partial charge >= 0.3 is 0 Å². The average molecular weight is 680 g/mol. The zero-order valence-corrected chi connectivity index (χ0v) is 28.6. The number of ether oxygens (including phenoxy) is 1. The number of carbonyl (C=O) groups is 2. The quantitative estimate of drug-likeness (QED) is 0.0472. The first kappa shape index (κ1) is 35.1. The second kappa shape index (κ2) is 16.8. The van der Waals surface area contributed by atoms with Crippen LogP contribution in [0.25, 0.3) is 6.08 Å². The van der Waals surface area contributed by atoms with Gasteiger partial charge in [0.1, 0.15) is 17.4 Å². The number of aromatic hydroxyl groups is 2. The fourth-order valence-corrected chi connectivity index (χ4v) is 7.71. The van der Waals surface area contributed by atoms with Crippen molar-refractivity contribution in [2.45, 2.75) is 82.7 Å². The molecule has 0 bridgehead atoms. The zero-order valence-electron chi connectivity index (χ0n) is 28.6. The van der Waals surface area contributed by atoms with Gasteiger partial charge in [-0.25, -0.2) is 0 Å². The molecular weight excluding hydrogens is 630 g/mol. The molecule has 264 valence electrons. The summed E-state index contributed by atoms with van der Waals surface area (Å²) in [6.07, 6.45) is 14.0. The van der Waals surface area contributed by atoms with Gasteiger partial charge in [-0.2, -0.15) is 0 Å². The van der Waals surface area contributed by atoms with Gasteiger partial charge in [-0.15, -0.1) is 0 Å². The SMILES string of the molecule is O=C(CCc1ccc(O)c(OC2CCCC2)c1)[C@H](CCO)C(=O)[C@@H]1C(CNc2ccc[nH]2)=Cc2[nH]ccc2[C@H]1CCCCc1cccc(O)c1. The maximum Gasteiger partial charge on any atom is 0.161 e. The van der Waals surface area contributed by atoms with Crippen molar-refractivity contribution in [2.75, 3.05) is 18.5 Å². The maximum absolute atomic E-state index is 14.7. The number of aromatic amines is 2. The van der Waals surface area contributed by atoms with Crippen molar-refractivity contribution in [1.29, 1.82) is 0 Å². The highest BCUT2D eigenvalue weighted by molar-refractivity contribution is 6.05. The highest BCUT2D eigenvalue weighted by atomic mass is 16.5. The molecule has 2 aromatic carbocycles. The van der Waals surface area contributed by atoms with Crippen molar-refractivity contribution in [3.8, 4) is 17.2 Å². The number of anilines is 1. The number of H-pyrrole nitrogens is 2. The second-order valence-corrected chi connectivity index (χ2v) is 13.8. The van der Waals surface area contributed by atoms with Gasteiger partial charge in [0.25, 0.3) is 0 Å². The van der Waals surface area contributed by atoms with Crippen LogP contribution < -0.4 is 10.1 Å². The number of hydrogen-bond acceptors (Lipinski definition) is 7. The summed E-state index contributed by atoms with van der Waals surface area (Å²) in [6, 6.07) is 18.4. The van der Waals surface area contributed by atoms with E-state index in [1.807, 2.05) is 48.8 Å². The number of aromatic nitrogens is 2. The lowest BCUT2D eigenvalue weighted by Gasteiger charge is -2.34. The minimum atomic E-state index is -0.944. The molecule has 2 aromatic heterocycles. The van der Waals surface area contributed by atoms with E-state index < -0.39 is 11.8 Å². The van der Waals surface area contributed by atoms with Gasteiger partial charge in [-0.1, -0.05) is 24.6 Å². The number of carbonyl (C=O) groups excluding carboxylic acids is 2. The van der Waals surface area contributed by atoms with E-state index in [2.05, 4.69) is 15.3 Å². The van der Waals surface area contributed by atoms with Crippen LogP contribution in [0, 0.1) is 11.8 Å². The molecule has 0 amide bonds. The number of aliphatic hydroxyl groups excluding tert-OH is 1. The molecule has 50 heavy (non-hydrogen) atoms. The number of aliphatic hydroxyl groups is 1. The first-order chi connectivity index (χ1) is 24.4. The number of hydrogen-bond donors (Lipinski definition) is 6. The number of rotatable bonds is 18. The van der Waals surface area contributed by atoms with Crippen molar-refractivity contribution in [3.63, 3.8) is 0 Å². The summed E-state index contributed by atoms with van der Waals surface area (Å²) in [6.45, 7) is 0.156. The van der Waals surface area contributed by atoms with E-state index in [0.29, 0.717) is 18.7 Å². The predicted octanol–water partition coefficient (Wildman–Crippen LogP) is 7.47. The summed E-state index contributed by atoms with van der Waals surface area (Å²) < 4.78 is 6.07. The van der Waals surface area contributed by atoms with Crippen molar-refractivity contribution in [3.05, 3.63) is 101 Å². The minimum Gasteiger partial charge on any atom is -0.508 e. The normalized spacial score (nSPS) is 18.0. The summed E-state index contributed by atoms with van der Waals surface area (Å²) in [5, 5.41) is 33.8. The Kier molecular flexibility index (Phi) is 11.8. The number of phenols is 2. The van der Waals surface area contributed by atoms with Crippen LogP contribution in [0.15, 0.2) is 78.6 Å². The Bertz CT molecular complexity index is 1750. The van der Waals surface area contributed by atoms with E-state index in [-0.39, 0.29) is 54.5 Å². The van der Waals surface area contributed by atoms with Crippen LogP contribution in [0.5, 0.6) is 17.2 Å². The van der Waals surface area contributed by atoms with Crippen molar-refractivity contribution < 1.29 is 29.6 Å². The number of phenolic OH excluding ortho intramolecular Hbond substituents is 2. The van der Waals surface area contributed by atoms with Gasteiger partial charge in [0.15, 0.2) is 17.3 Å². The van der Waals surface area contributed by atoms with Crippen LogP contribution in [0.3, 0.4) is 0 Å². The molecule has 2 aliphatic carbocycles. The lowest BCUT2D eigenvalue weighted by molar-refractivity contribution is -0.135. The average Bonchev–Trinajstić information content (AvgIpc) is 3.92. The van der Waals surface area contributed by atoms with Gasteiger partial charge < -0.3 is 35.3 Å². The molecule has 1 saturated carbocycles. The smallest absolute Gasteiger partial charge is 0.161 e. The van der Waals surface area contributed by atoms with Crippen molar-refractivity contribution in [1.82, 2.24) is 9.97 Å². The van der Waals surface area contributed by atoms with Gasteiger partial charge in [-0.3, -0.25) is 9.59 Å².